The van der Waals surface area contributed by atoms with Gasteiger partial charge < -0.3 is 5.73 Å². The van der Waals surface area contributed by atoms with Crippen molar-refractivity contribution in [3.8, 4) is 0 Å². The third kappa shape index (κ3) is 1.63. The summed E-state index contributed by atoms with van der Waals surface area (Å²) in [7, 11) is 0. The number of carbonyl (C=O) groups is 1. The van der Waals surface area contributed by atoms with Gasteiger partial charge in [-0.25, -0.2) is 0 Å². The summed E-state index contributed by atoms with van der Waals surface area (Å²) in [5, 5.41) is 1.29. The van der Waals surface area contributed by atoms with Crippen molar-refractivity contribution in [1.29, 1.82) is 0 Å². The van der Waals surface area contributed by atoms with Crippen LogP contribution in [0.2, 0.25) is 0 Å². The highest BCUT2D eigenvalue weighted by molar-refractivity contribution is 7.17. The van der Waals surface area contributed by atoms with E-state index in [4.69, 9.17) is 5.73 Å². The number of nitrogens with two attached hydrogens (primary N) is 1. The Labute approximate surface area is 91.7 Å². The van der Waals surface area contributed by atoms with E-state index in [1.54, 1.807) is 0 Å². The van der Waals surface area contributed by atoms with Crippen molar-refractivity contribution >= 4 is 27.5 Å². The number of hydrogen-bond acceptors (Lipinski definition) is 3. The first-order valence-corrected chi connectivity index (χ1v) is 5.02. The maximum atomic E-state index is 12.6. The van der Waals surface area contributed by atoms with Crippen LogP contribution in [0.15, 0.2) is 17.6 Å². The van der Waals surface area contributed by atoms with Crippen LogP contribution in [0.3, 0.4) is 0 Å². The fourth-order valence-corrected chi connectivity index (χ4v) is 2.38. The van der Waals surface area contributed by atoms with E-state index in [1.807, 2.05) is 0 Å². The van der Waals surface area contributed by atoms with Crippen LogP contribution in [0.5, 0.6) is 0 Å². The zero-order valence-electron chi connectivity index (χ0n) is 7.71. The molecular formula is C9H5F3N2OS. The zero-order valence-corrected chi connectivity index (χ0v) is 8.52. The van der Waals surface area contributed by atoms with Gasteiger partial charge in [-0.2, -0.15) is 13.2 Å². The third-order valence-electron chi connectivity index (χ3n) is 2.03. The van der Waals surface area contributed by atoms with Gasteiger partial charge in [0.1, 0.15) is 0 Å². The van der Waals surface area contributed by atoms with Gasteiger partial charge in [0.15, 0.2) is 0 Å². The molecule has 0 aromatic carbocycles. The lowest BCUT2D eigenvalue weighted by molar-refractivity contribution is -0.136. The predicted octanol–water partition coefficient (Wildman–Crippen LogP) is 2.41. The van der Waals surface area contributed by atoms with Crippen molar-refractivity contribution in [2.75, 3.05) is 0 Å². The zero-order chi connectivity index (χ0) is 11.9. The first kappa shape index (κ1) is 10.9. The van der Waals surface area contributed by atoms with Crippen LogP contribution in [0, 0.1) is 0 Å². The molecule has 7 heteroatoms. The molecule has 0 saturated carbocycles. The van der Waals surface area contributed by atoms with Gasteiger partial charge in [-0.15, -0.1) is 11.3 Å². The highest BCUT2D eigenvalue weighted by atomic mass is 32.1. The maximum absolute atomic E-state index is 12.6. The second kappa shape index (κ2) is 3.44. The highest BCUT2D eigenvalue weighted by Gasteiger charge is 2.34. The first-order chi connectivity index (χ1) is 7.41. The van der Waals surface area contributed by atoms with Gasteiger partial charge >= 0.3 is 6.18 Å². The van der Waals surface area contributed by atoms with E-state index >= 15 is 0 Å². The molecule has 0 aliphatic heterocycles. The summed E-state index contributed by atoms with van der Waals surface area (Å²) < 4.78 is 37.7. The second-order valence-corrected chi connectivity index (χ2v) is 3.93. The number of pyridine rings is 1. The van der Waals surface area contributed by atoms with Gasteiger partial charge in [0.25, 0.3) is 5.91 Å². The van der Waals surface area contributed by atoms with E-state index in [0.29, 0.717) is 0 Å². The van der Waals surface area contributed by atoms with Crippen molar-refractivity contribution in [3.63, 3.8) is 0 Å². The molecule has 16 heavy (non-hydrogen) atoms. The van der Waals surface area contributed by atoms with E-state index < -0.39 is 17.6 Å². The van der Waals surface area contributed by atoms with Gasteiger partial charge in [-0.1, -0.05) is 0 Å². The SMILES string of the molecule is NC(=O)c1csc2c(C(F)(F)F)ccnc12. The van der Waals surface area contributed by atoms with Gasteiger partial charge in [0.05, 0.1) is 21.3 Å². The molecule has 2 aromatic rings. The van der Waals surface area contributed by atoms with E-state index in [1.165, 1.54) is 5.38 Å². The van der Waals surface area contributed by atoms with Gasteiger partial charge in [-0.3, -0.25) is 9.78 Å². The average Bonchev–Trinajstić information content (AvgIpc) is 2.58. The lowest BCUT2D eigenvalue weighted by Gasteiger charge is -2.06. The van der Waals surface area contributed by atoms with Crippen molar-refractivity contribution in [3.05, 3.63) is 28.8 Å². The van der Waals surface area contributed by atoms with Crippen LogP contribution in [-0.2, 0) is 6.18 Å². The van der Waals surface area contributed by atoms with E-state index in [0.717, 1.165) is 23.6 Å². The Kier molecular flexibility index (Phi) is 2.34. The van der Waals surface area contributed by atoms with E-state index in [-0.39, 0.29) is 15.8 Å². The molecule has 0 bridgehead atoms. The molecule has 2 rings (SSSR count). The molecule has 2 N–H and O–H groups in total. The van der Waals surface area contributed by atoms with Crippen LogP contribution >= 0.6 is 11.3 Å². The minimum absolute atomic E-state index is 0.00678. The Balaban J connectivity index is 2.77. The van der Waals surface area contributed by atoms with Crippen LogP contribution in [0.1, 0.15) is 15.9 Å². The maximum Gasteiger partial charge on any atom is 0.417 e. The monoisotopic (exact) mass is 246 g/mol. The number of amides is 1. The standard InChI is InChI=1S/C9H5F3N2OS/c10-9(11,12)5-1-2-14-6-4(8(13)15)3-16-7(5)6/h1-3H,(H2,13,15). The molecule has 3 nitrogen and oxygen atoms in total. The molecule has 1 amide bonds. The van der Waals surface area contributed by atoms with Gasteiger partial charge in [0, 0.05) is 11.6 Å². The summed E-state index contributed by atoms with van der Waals surface area (Å²) in [6.45, 7) is 0. The topological polar surface area (TPSA) is 56.0 Å². The number of primary amides is 1. The molecule has 0 aliphatic carbocycles. The highest BCUT2D eigenvalue weighted by Crippen LogP contribution is 2.37. The summed E-state index contributed by atoms with van der Waals surface area (Å²) in [5.74, 6) is -0.780. The summed E-state index contributed by atoms with van der Waals surface area (Å²) in [4.78, 5) is 14.7. The minimum Gasteiger partial charge on any atom is -0.366 e. The lowest BCUT2D eigenvalue weighted by Crippen LogP contribution is -2.11. The van der Waals surface area contributed by atoms with Gasteiger partial charge in [0.2, 0.25) is 0 Å². The predicted molar refractivity (Wildman–Crippen MR) is 53.1 cm³/mol. The normalized spacial score (nSPS) is 11.9. The summed E-state index contributed by atoms with van der Waals surface area (Å²) >= 11 is 0.812. The number of aromatic nitrogens is 1. The van der Waals surface area contributed by atoms with Crippen molar-refractivity contribution in [1.82, 2.24) is 4.98 Å². The summed E-state index contributed by atoms with van der Waals surface area (Å²) in [5.41, 5.74) is 4.26. The summed E-state index contributed by atoms with van der Waals surface area (Å²) in [6, 6.07) is 0.879. The summed E-state index contributed by atoms with van der Waals surface area (Å²) in [6.07, 6.45) is -3.44. The number of fused-ring (bicyclic) bond motifs is 1. The Morgan fingerprint density at radius 1 is 1.44 bits per heavy atom. The number of hydrogen-bond donors (Lipinski definition) is 1. The lowest BCUT2D eigenvalue weighted by atomic mass is 10.2. The Hall–Kier alpha value is -1.63. The second-order valence-electron chi connectivity index (χ2n) is 3.05. The number of thiophene rings is 1. The minimum atomic E-state index is -4.46. The van der Waals surface area contributed by atoms with E-state index in [9.17, 15) is 18.0 Å². The molecule has 84 valence electrons. The Morgan fingerprint density at radius 3 is 2.69 bits per heavy atom. The van der Waals surface area contributed by atoms with Crippen molar-refractivity contribution in [2.45, 2.75) is 6.18 Å². The van der Waals surface area contributed by atoms with Crippen LogP contribution in [0.25, 0.3) is 10.2 Å². The average molecular weight is 246 g/mol. The molecule has 2 heterocycles. The van der Waals surface area contributed by atoms with Gasteiger partial charge in [-0.05, 0) is 6.07 Å². The number of halogens is 3. The molecule has 0 radical (unpaired) electrons. The Bertz CT molecular complexity index is 561. The molecule has 0 fully saturated rings. The smallest absolute Gasteiger partial charge is 0.366 e. The number of rotatable bonds is 1. The Morgan fingerprint density at radius 2 is 2.12 bits per heavy atom. The molecule has 0 spiro atoms. The molecule has 0 atom stereocenters. The quantitative estimate of drug-likeness (QED) is 0.840. The molecule has 2 aromatic heterocycles. The molecule has 0 unspecified atom stereocenters. The van der Waals surface area contributed by atoms with Crippen LogP contribution in [0.4, 0.5) is 13.2 Å². The first-order valence-electron chi connectivity index (χ1n) is 4.14. The number of nitrogens with zero attached hydrogens (tertiary/aromatic N) is 1. The molecule has 0 saturated heterocycles. The van der Waals surface area contributed by atoms with Crippen LogP contribution in [-0.4, -0.2) is 10.9 Å². The third-order valence-corrected chi connectivity index (χ3v) is 3.03. The largest absolute Gasteiger partial charge is 0.417 e. The van der Waals surface area contributed by atoms with Crippen LogP contribution < -0.4 is 5.73 Å². The number of carbonyl (C=O) groups excluding carboxylic acids is 1. The molecule has 0 aliphatic rings. The van der Waals surface area contributed by atoms with Crippen molar-refractivity contribution < 1.29 is 18.0 Å². The number of alkyl halides is 3. The fraction of sp³-hybridized carbons (Fsp3) is 0.111. The fourth-order valence-electron chi connectivity index (χ4n) is 1.33. The van der Waals surface area contributed by atoms with E-state index in [2.05, 4.69) is 4.98 Å². The molecular weight excluding hydrogens is 241 g/mol. The van der Waals surface area contributed by atoms with Crippen molar-refractivity contribution in [2.24, 2.45) is 5.73 Å².